The Kier molecular flexibility index (Phi) is 6.49. The van der Waals surface area contributed by atoms with Crippen LogP contribution in [-0.2, 0) is 6.54 Å². The number of allylic oxidation sites excluding steroid dienone is 1. The first kappa shape index (κ1) is 19.0. The van der Waals surface area contributed by atoms with Gasteiger partial charge in [0.15, 0.2) is 11.0 Å². The highest BCUT2D eigenvalue weighted by Gasteiger charge is 2.16. The topological polar surface area (TPSA) is 49.2 Å². The van der Waals surface area contributed by atoms with Crippen molar-refractivity contribution < 1.29 is 13.9 Å². The second kappa shape index (κ2) is 9.23. The summed E-state index contributed by atoms with van der Waals surface area (Å²) in [6.07, 6.45) is 1.81. The lowest BCUT2D eigenvalue weighted by Gasteiger charge is -2.11. The van der Waals surface area contributed by atoms with Gasteiger partial charge in [-0.05, 0) is 36.4 Å². The monoisotopic (exact) mass is 385 g/mol. The Hall–Kier alpha value is -2.80. The molecule has 0 fully saturated rings. The average Bonchev–Trinajstić information content (AvgIpc) is 3.09. The van der Waals surface area contributed by atoms with Crippen LogP contribution < -0.4 is 9.47 Å². The number of halogens is 1. The lowest BCUT2D eigenvalue weighted by molar-refractivity contribution is 0.343. The lowest BCUT2D eigenvalue weighted by atomic mass is 10.2. The molecule has 1 aromatic heterocycles. The summed E-state index contributed by atoms with van der Waals surface area (Å²) >= 11 is 1.54. The van der Waals surface area contributed by atoms with E-state index in [-0.39, 0.29) is 5.82 Å². The van der Waals surface area contributed by atoms with Gasteiger partial charge in [-0.3, -0.25) is 4.57 Å². The third kappa shape index (κ3) is 4.68. The van der Waals surface area contributed by atoms with Crippen molar-refractivity contribution in [2.24, 2.45) is 0 Å². The first-order valence-corrected chi connectivity index (χ1v) is 9.40. The predicted octanol–water partition coefficient (Wildman–Crippen LogP) is 4.45. The maximum Gasteiger partial charge on any atom is 0.191 e. The van der Waals surface area contributed by atoms with E-state index in [1.54, 1.807) is 37.1 Å². The van der Waals surface area contributed by atoms with Gasteiger partial charge < -0.3 is 9.47 Å². The molecule has 0 spiro atoms. The summed E-state index contributed by atoms with van der Waals surface area (Å²) < 4.78 is 26.0. The zero-order valence-corrected chi connectivity index (χ0v) is 15.8. The third-order valence-corrected chi connectivity index (χ3v) is 4.70. The van der Waals surface area contributed by atoms with E-state index in [0.717, 1.165) is 22.3 Å². The Balaban J connectivity index is 1.69. The minimum absolute atomic E-state index is 0.280. The minimum Gasteiger partial charge on any atom is -0.496 e. The molecule has 1 heterocycles. The molecule has 0 aliphatic rings. The fourth-order valence-corrected chi connectivity index (χ4v) is 3.31. The molecule has 5 nitrogen and oxygen atoms in total. The number of methoxy groups -OCH3 is 1. The second-order valence-corrected chi connectivity index (χ2v) is 6.62. The molecule has 7 heteroatoms. The van der Waals surface area contributed by atoms with Gasteiger partial charge in [-0.15, -0.1) is 16.8 Å². The van der Waals surface area contributed by atoms with Gasteiger partial charge in [-0.25, -0.2) is 4.39 Å². The van der Waals surface area contributed by atoms with Crippen molar-refractivity contribution in [1.82, 2.24) is 14.8 Å². The number of hydrogen-bond acceptors (Lipinski definition) is 5. The van der Waals surface area contributed by atoms with Crippen LogP contribution in [0.5, 0.6) is 11.5 Å². The summed E-state index contributed by atoms with van der Waals surface area (Å²) in [5.74, 6) is 2.51. The zero-order chi connectivity index (χ0) is 19.1. The highest BCUT2D eigenvalue weighted by molar-refractivity contribution is 7.99. The van der Waals surface area contributed by atoms with Gasteiger partial charge >= 0.3 is 0 Å². The molecule has 0 saturated heterocycles. The number of benzene rings is 2. The Morgan fingerprint density at radius 3 is 2.67 bits per heavy atom. The molecule has 0 N–H and O–H groups in total. The number of hydrogen-bond donors (Lipinski definition) is 0. The number of ether oxygens (including phenoxy) is 2. The van der Waals surface area contributed by atoms with Gasteiger partial charge in [0.25, 0.3) is 0 Å². The molecular weight excluding hydrogens is 365 g/mol. The molecule has 0 radical (unpaired) electrons. The zero-order valence-electron chi connectivity index (χ0n) is 15.0. The smallest absolute Gasteiger partial charge is 0.191 e. The summed E-state index contributed by atoms with van der Waals surface area (Å²) in [5.41, 5.74) is 0.878. The molecule has 0 bridgehead atoms. The van der Waals surface area contributed by atoms with Crippen LogP contribution in [0.15, 0.2) is 66.3 Å². The lowest BCUT2D eigenvalue weighted by Crippen LogP contribution is -2.04. The number of aromatic nitrogens is 3. The quantitative estimate of drug-likeness (QED) is 0.309. The molecule has 0 saturated carbocycles. The predicted molar refractivity (Wildman–Crippen MR) is 105 cm³/mol. The highest BCUT2D eigenvalue weighted by atomic mass is 32.2. The Labute approximate surface area is 161 Å². The fraction of sp³-hybridized carbons (Fsp3) is 0.200. The Morgan fingerprint density at radius 1 is 1.15 bits per heavy atom. The summed E-state index contributed by atoms with van der Waals surface area (Å²) in [6.45, 7) is 4.88. The van der Waals surface area contributed by atoms with Crippen molar-refractivity contribution in [2.45, 2.75) is 11.7 Å². The van der Waals surface area contributed by atoms with Crippen LogP contribution in [0.4, 0.5) is 4.39 Å². The fourth-order valence-electron chi connectivity index (χ4n) is 2.54. The van der Waals surface area contributed by atoms with E-state index in [2.05, 4.69) is 16.8 Å². The van der Waals surface area contributed by atoms with E-state index in [1.807, 2.05) is 28.8 Å². The van der Waals surface area contributed by atoms with Crippen molar-refractivity contribution in [3.63, 3.8) is 0 Å². The van der Waals surface area contributed by atoms with E-state index < -0.39 is 0 Å². The maximum absolute atomic E-state index is 12.9. The molecule has 27 heavy (non-hydrogen) atoms. The number of para-hydroxylation sites is 1. The molecule has 0 unspecified atom stereocenters. The summed E-state index contributed by atoms with van der Waals surface area (Å²) in [4.78, 5) is 0. The number of rotatable bonds is 9. The molecule has 0 aliphatic carbocycles. The molecule has 0 amide bonds. The SMILES string of the molecule is C=CCn1c(SCCOc2ccc(F)cc2)nnc1-c1ccccc1OC. The molecule has 140 valence electrons. The van der Waals surface area contributed by atoms with Crippen LogP contribution in [0.25, 0.3) is 11.4 Å². The van der Waals surface area contributed by atoms with Gasteiger partial charge in [0.2, 0.25) is 0 Å². The van der Waals surface area contributed by atoms with Gasteiger partial charge in [-0.2, -0.15) is 0 Å². The maximum atomic E-state index is 12.9. The van der Waals surface area contributed by atoms with Crippen molar-refractivity contribution >= 4 is 11.8 Å². The second-order valence-electron chi connectivity index (χ2n) is 5.56. The van der Waals surface area contributed by atoms with Gasteiger partial charge in [0.05, 0.1) is 19.3 Å². The van der Waals surface area contributed by atoms with E-state index in [0.29, 0.717) is 24.7 Å². The molecule has 0 aliphatic heterocycles. The minimum atomic E-state index is -0.280. The largest absolute Gasteiger partial charge is 0.496 e. The molecule has 2 aromatic carbocycles. The molecule has 3 aromatic rings. The van der Waals surface area contributed by atoms with Crippen molar-refractivity contribution in [3.05, 3.63) is 67.0 Å². The molecule has 3 rings (SSSR count). The summed E-state index contributed by atoms with van der Waals surface area (Å²) in [6, 6.07) is 13.7. The van der Waals surface area contributed by atoms with Gasteiger partial charge in [0.1, 0.15) is 17.3 Å². The first-order chi connectivity index (χ1) is 13.2. The Bertz CT molecular complexity index is 896. The van der Waals surface area contributed by atoms with E-state index in [4.69, 9.17) is 9.47 Å². The average molecular weight is 385 g/mol. The van der Waals surface area contributed by atoms with Crippen molar-refractivity contribution in [1.29, 1.82) is 0 Å². The van der Waals surface area contributed by atoms with Crippen LogP contribution in [0.2, 0.25) is 0 Å². The van der Waals surface area contributed by atoms with E-state index in [1.165, 1.54) is 12.1 Å². The number of thioether (sulfide) groups is 1. The molecule has 0 atom stereocenters. The van der Waals surface area contributed by atoms with Crippen LogP contribution >= 0.6 is 11.8 Å². The summed E-state index contributed by atoms with van der Waals surface area (Å²) in [5, 5.41) is 9.43. The summed E-state index contributed by atoms with van der Waals surface area (Å²) in [7, 11) is 1.63. The van der Waals surface area contributed by atoms with Crippen LogP contribution in [-0.4, -0.2) is 34.2 Å². The third-order valence-electron chi connectivity index (χ3n) is 3.77. The van der Waals surface area contributed by atoms with Gasteiger partial charge in [0, 0.05) is 12.3 Å². The van der Waals surface area contributed by atoms with Crippen LogP contribution in [0, 0.1) is 5.82 Å². The normalized spacial score (nSPS) is 10.6. The van der Waals surface area contributed by atoms with Gasteiger partial charge in [-0.1, -0.05) is 30.0 Å². The van der Waals surface area contributed by atoms with E-state index in [9.17, 15) is 4.39 Å². The number of nitrogens with zero attached hydrogens (tertiary/aromatic N) is 3. The van der Waals surface area contributed by atoms with Crippen LogP contribution in [0.3, 0.4) is 0 Å². The standard InChI is InChI=1S/C20H20FN3O2S/c1-3-12-24-19(17-6-4-5-7-18(17)25-2)22-23-20(24)27-14-13-26-16-10-8-15(21)9-11-16/h3-11H,1,12-14H2,2H3. The Morgan fingerprint density at radius 2 is 1.93 bits per heavy atom. The van der Waals surface area contributed by atoms with Crippen molar-refractivity contribution in [2.75, 3.05) is 19.5 Å². The van der Waals surface area contributed by atoms with E-state index >= 15 is 0 Å². The van der Waals surface area contributed by atoms with Crippen molar-refractivity contribution in [3.8, 4) is 22.9 Å². The first-order valence-electron chi connectivity index (χ1n) is 8.41. The molecular formula is C20H20FN3O2S. The van der Waals surface area contributed by atoms with Crippen LogP contribution in [0.1, 0.15) is 0 Å². The highest BCUT2D eigenvalue weighted by Crippen LogP contribution is 2.30.